The Bertz CT molecular complexity index is 813. The lowest BCUT2D eigenvalue weighted by Crippen LogP contribution is -2.35. The number of benzene rings is 1. The Morgan fingerprint density at radius 2 is 2.12 bits per heavy atom. The number of ether oxygens (including phenoxy) is 1. The quantitative estimate of drug-likeness (QED) is 0.926. The minimum Gasteiger partial charge on any atom is -0.495 e. The van der Waals surface area contributed by atoms with Crippen LogP contribution in [0.4, 0.5) is 11.4 Å². The molecule has 1 aromatic carbocycles. The largest absolute Gasteiger partial charge is 0.495 e. The summed E-state index contributed by atoms with van der Waals surface area (Å²) >= 11 is 0. The Morgan fingerprint density at radius 3 is 2.76 bits per heavy atom. The van der Waals surface area contributed by atoms with Gasteiger partial charge >= 0.3 is 0 Å². The molecule has 0 saturated carbocycles. The molecule has 2 aromatic rings. The average Bonchev–Trinajstić information content (AvgIpc) is 2.94. The van der Waals surface area contributed by atoms with E-state index >= 15 is 0 Å². The van der Waals surface area contributed by atoms with Crippen LogP contribution in [0.1, 0.15) is 35.3 Å². The van der Waals surface area contributed by atoms with Crippen LogP contribution in [0.15, 0.2) is 24.4 Å². The average molecular weight is 342 g/mol. The molecule has 1 saturated heterocycles. The van der Waals surface area contributed by atoms with Crippen LogP contribution < -0.4 is 15.0 Å². The van der Waals surface area contributed by atoms with Gasteiger partial charge in [0.05, 0.1) is 24.6 Å². The van der Waals surface area contributed by atoms with Crippen molar-refractivity contribution >= 4 is 23.2 Å². The lowest BCUT2D eigenvalue weighted by molar-refractivity contribution is -0.119. The van der Waals surface area contributed by atoms with E-state index in [-0.39, 0.29) is 11.8 Å². The second kappa shape index (κ2) is 6.96. The molecule has 1 aromatic heterocycles. The van der Waals surface area contributed by atoms with Gasteiger partial charge in [0.2, 0.25) is 5.91 Å². The molecule has 25 heavy (non-hydrogen) atoms. The van der Waals surface area contributed by atoms with Gasteiger partial charge in [0.1, 0.15) is 5.75 Å². The molecule has 7 heteroatoms. The summed E-state index contributed by atoms with van der Waals surface area (Å²) in [6, 6.07) is 5.31. The predicted molar refractivity (Wildman–Crippen MR) is 95.1 cm³/mol. The molecule has 0 spiro atoms. The third-order valence-corrected chi connectivity index (χ3v) is 4.53. The van der Waals surface area contributed by atoms with Crippen molar-refractivity contribution in [1.29, 1.82) is 0 Å². The molecule has 132 valence electrons. The number of nitrogens with zero attached hydrogens (tertiary/aromatic N) is 3. The first-order chi connectivity index (χ1) is 12.0. The van der Waals surface area contributed by atoms with Crippen LogP contribution in [-0.4, -0.2) is 35.2 Å². The van der Waals surface area contributed by atoms with Gasteiger partial charge in [-0.15, -0.1) is 0 Å². The summed E-state index contributed by atoms with van der Waals surface area (Å²) in [6.07, 6.45) is 3.95. The highest BCUT2D eigenvalue weighted by molar-refractivity contribution is 6.05. The highest BCUT2D eigenvalue weighted by Crippen LogP contribution is 2.33. The summed E-state index contributed by atoms with van der Waals surface area (Å²) in [4.78, 5) is 26.4. The number of piperidine rings is 1. The van der Waals surface area contributed by atoms with Crippen LogP contribution >= 0.6 is 0 Å². The molecule has 1 aliphatic rings. The first kappa shape index (κ1) is 17.0. The van der Waals surface area contributed by atoms with Gasteiger partial charge in [0, 0.05) is 31.4 Å². The van der Waals surface area contributed by atoms with Crippen molar-refractivity contribution in [2.24, 2.45) is 7.05 Å². The third kappa shape index (κ3) is 3.35. The van der Waals surface area contributed by atoms with Crippen molar-refractivity contribution in [3.63, 3.8) is 0 Å². The maximum Gasteiger partial charge on any atom is 0.259 e. The Labute approximate surface area is 146 Å². The van der Waals surface area contributed by atoms with E-state index < -0.39 is 0 Å². The van der Waals surface area contributed by atoms with E-state index in [1.165, 1.54) is 0 Å². The lowest BCUT2D eigenvalue weighted by Gasteiger charge is -2.28. The fraction of sp³-hybridized carbons (Fsp3) is 0.389. The van der Waals surface area contributed by atoms with E-state index in [0.717, 1.165) is 18.5 Å². The summed E-state index contributed by atoms with van der Waals surface area (Å²) in [5.41, 5.74) is 2.61. The van der Waals surface area contributed by atoms with Crippen molar-refractivity contribution in [3.05, 3.63) is 35.7 Å². The van der Waals surface area contributed by atoms with Gasteiger partial charge in [0.15, 0.2) is 0 Å². The minimum atomic E-state index is -0.230. The highest BCUT2D eigenvalue weighted by Gasteiger charge is 2.23. The number of aromatic nitrogens is 2. The lowest BCUT2D eigenvalue weighted by atomic mass is 10.1. The number of rotatable bonds is 4. The normalized spacial score (nSPS) is 14.5. The van der Waals surface area contributed by atoms with Gasteiger partial charge in [-0.3, -0.25) is 14.3 Å². The number of amides is 2. The summed E-state index contributed by atoms with van der Waals surface area (Å²) in [5.74, 6) is 0.466. The molecule has 0 aliphatic carbocycles. The van der Waals surface area contributed by atoms with Crippen molar-refractivity contribution < 1.29 is 14.3 Å². The van der Waals surface area contributed by atoms with Gasteiger partial charge in [-0.05, 0) is 38.0 Å². The van der Waals surface area contributed by atoms with E-state index in [1.54, 1.807) is 48.1 Å². The number of anilines is 2. The molecule has 0 radical (unpaired) electrons. The molecule has 3 rings (SSSR count). The van der Waals surface area contributed by atoms with E-state index in [0.29, 0.717) is 35.7 Å². The van der Waals surface area contributed by atoms with Gasteiger partial charge in [0.25, 0.3) is 5.91 Å². The van der Waals surface area contributed by atoms with E-state index in [9.17, 15) is 9.59 Å². The number of carbonyl (C=O) groups is 2. The highest BCUT2D eigenvalue weighted by atomic mass is 16.5. The molecule has 0 atom stereocenters. The van der Waals surface area contributed by atoms with Crippen molar-refractivity contribution in [2.45, 2.75) is 26.2 Å². The summed E-state index contributed by atoms with van der Waals surface area (Å²) in [7, 11) is 3.37. The zero-order valence-electron chi connectivity index (χ0n) is 14.7. The number of hydrogen-bond donors (Lipinski definition) is 1. The maximum atomic E-state index is 12.5. The molecule has 1 fully saturated rings. The SMILES string of the molecule is COc1ccc(NC(=O)c2cnn(C)c2C)cc1N1CCCCC1=O. The van der Waals surface area contributed by atoms with E-state index in [1.807, 2.05) is 6.92 Å². The molecule has 0 bridgehead atoms. The molecule has 7 nitrogen and oxygen atoms in total. The zero-order chi connectivity index (χ0) is 18.0. The van der Waals surface area contributed by atoms with Gasteiger partial charge in [-0.25, -0.2) is 0 Å². The van der Waals surface area contributed by atoms with Crippen LogP contribution in [0.25, 0.3) is 0 Å². The standard InChI is InChI=1S/C18H22N4O3/c1-12-14(11-19-21(12)2)18(24)20-13-7-8-16(25-3)15(10-13)22-9-5-4-6-17(22)23/h7-8,10-11H,4-6,9H2,1-3H3,(H,20,24). The van der Waals surface area contributed by atoms with Crippen LogP contribution in [-0.2, 0) is 11.8 Å². The predicted octanol–water partition coefficient (Wildman–Crippen LogP) is 2.51. The van der Waals surface area contributed by atoms with Crippen molar-refractivity contribution in [2.75, 3.05) is 23.9 Å². The monoisotopic (exact) mass is 342 g/mol. The number of nitrogens with one attached hydrogen (secondary N) is 1. The van der Waals surface area contributed by atoms with Gasteiger partial charge in [-0.2, -0.15) is 5.10 Å². The Morgan fingerprint density at radius 1 is 1.32 bits per heavy atom. The van der Waals surface area contributed by atoms with Crippen LogP contribution in [0.3, 0.4) is 0 Å². The summed E-state index contributed by atoms with van der Waals surface area (Å²) in [6.45, 7) is 2.50. The second-order valence-electron chi connectivity index (χ2n) is 6.11. The third-order valence-electron chi connectivity index (χ3n) is 4.53. The fourth-order valence-electron chi connectivity index (χ4n) is 2.96. The first-order valence-corrected chi connectivity index (χ1v) is 8.29. The topological polar surface area (TPSA) is 76.5 Å². The smallest absolute Gasteiger partial charge is 0.259 e. The van der Waals surface area contributed by atoms with Gasteiger partial charge in [-0.1, -0.05) is 0 Å². The molecule has 2 heterocycles. The number of carbonyl (C=O) groups excluding carboxylic acids is 2. The second-order valence-corrected chi connectivity index (χ2v) is 6.11. The zero-order valence-corrected chi connectivity index (χ0v) is 14.7. The van der Waals surface area contributed by atoms with E-state index in [2.05, 4.69) is 10.4 Å². The van der Waals surface area contributed by atoms with Crippen LogP contribution in [0.2, 0.25) is 0 Å². The molecule has 2 amide bonds. The Kier molecular flexibility index (Phi) is 4.74. The van der Waals surface area contributed by atoms with Gasteiger partial charge < -0.3 is 15.0 Å². The molecular formula is C18H22N4O3. The van der Waals surface area contributed by atoms with Crippen LogP contribution in [0.5, 0.6) is 5.75 Å². The Hall–Kier alpha value is -2.83. The number of hydrogen-bond acceptors (Lipinski definition) is 4. The van der Waals surface area contributed by atoms with Crippen molar-refractivity contribution in [3.8, 4) is 5.75 Å². The fourth-order valence-corrected chi connectivity index (χ4v) is 2.96. The number of aryl methyl sites for hydroxylation is 1. The maximum absolute atomic E-state index is 12.5. The Balaban J connectivity index is 1.87. The van der Waals surface area contributed by atoms with Crippen molar-refractivity contribution in [1.82, 2.24) is 9.78 Å². The molecular weight excluding hydrogens is 320 g/mol. The molecule has 1 aliphatic heterocycles. The number of methoxy groups -OCH3 is 1. The van der Waals surface area contributed by atoms with E-state index in [4.69, 9.17) is 4.74 Å². The minimum absolute atomic E-state index is 0.0798. The van der Waals surface area contributed by atoms with Crippen LogP contribution in [0, 0.1) is 6.92 Å². The molecule has 1 N–H and O–H groups in total. The summed E-state index contributed by atoms with van der Waals surface area (Å²) < 4.78 is 7.05. The summed E-state index contributed by atoms with van der Waals surface area (Å²) in [5, 5.41) is 6.96. The first-order valence-electron chi connectivity index (χ1n) is 8.29. The molecule has 0 unspecified atom stereocenters.